The van der Waals surface area contributed by atoms with Crippen molar-refractivity contribution in [1.29, 1.82) is 5.41 Å². The molecule has 0 aromatic heterocycles. The number of nitrogens with two attached hydrogens (primary N) is 3. The van der Waals surface area contributed by atoms with Gasteiger partial charge in [0, 0.05) is 56.2 Å². The van der Waals surface area contributed by atoms with Crippen molar-refractivity contribution >= 4 is 23.5 Å². The molecule has 2 saturated carbocycles. The fourth-order valence-electron chi connectivity index (χ4n) is 6.73. The molecule has 2 saturated heterocycles. The van der Waals surface area contributed by atoms with Crippen LogP contribution in [0, 0.1) is 17.2 Å². The second kappa shape index (κ2) is 12.1. The zero-order chi connectivity index (χ0) is 24.1. The third-order valence-electron chi connectivity index (χ3n) is 8.44. The van der Waals surface area contributed by atoms with Gasteiger partial charge in [-0.05, 0) is 69.7 Å². The first-order valence-electron chi connectivity index (χ1n) is 13.2. The predicted molar refractivity (Wildman–Crippen MR) is 139 cm³/mol. The van der Waals surface area contributed by atoms with Crippen LogP contribution in [0.5, 0.6) is 0 Å². The minimum Gasteiger partial charge on any atom is -0.370 e. The first-order valence-corrected chi connectivity index (χ1v) is 13.6. The van der Waals surface area contributed by atoms with Gasteiger partial charge in [-0.15, -0.1) is 11.6 Å². The normalized spacial score (nSPS) is 37.5. The number of piperazine rings is 1. The minimum atomic E-state index is -0.195. The van der Waals surface area contributed by atoms with Crippen LogP contribution in [0.2, 0.25) is 0 Å². The zero-order valence-corrected chi connectivity index (χ0v) is 21.1. The molecule has 0 aromatic rings. The molecule has 34 heavy (non-hydrogen) atoms. The SMILES string of the molecule is N=C(N)NCCCN1CCN(C2CCC(C3NC(N=C(N)N)NC4CCC(Cl)CC43)CC2)CC1. The highest BCUT2D eigenvalue weighted by Crippen LogP contribution is 2.40. The lowest BCUT2D eigenvalue weighted by Gasteiger charge is -2.50. The first-order chi connectivity index (χ1) is 16.4. The number of fused-ring (bicyclic) bond motifs is 1. The van der Waals surface area contributed by atoms with Crippen molar-refractivity contribution in [3.63, 3.8) is 0 Å². The molecule has 10 nitrogen and oxygen atoms in total. The van der Waals surface area contributed by atoms with E-state index in [1.54, 1.807) is 0 Å². The fraction of sp³-hybridized carbons (Fsp3) is 0.913. The Balaban J connectivity index is 1.25. The summed E-state index contributed by atoms with van der Waals surface area (Å²) in [5.74, 6) is 1.39. The second-order valence-electron chi connectivity index (χ2n) is 10.6. The fourth-order valence-corrected chi connectivity index (χ4v) is 7.06. The Labute approximate surface area is 209 Å². The van der Waals surface area contributed by atoms with E-state index in [-0.39, 0.29) is 23.6 Å². The van der Waals surface area contributed by atoms with Crippen LogP contribution in [0.25, 0.3) is 0 Å². The molecular weight excluding hydrogens is 452 g/mol. The van der Waals surface area contributed by atoms with Gasteiger partial charge in [-0.3, -0.25) is 20.9 Å². The average Bonchev–Trinajstić information content (AvgIpc) is 2.82. The third-order valence-corrected chi connectivity index (χ3v) is 8.83. The number of hydrogen-bond donors (Lipinski definition) is 7. The van der Waals surface area contributed by atoms with Crippen LogP contribution in [-0.2, 0) is 0 Å². The van der Waals surface area contributed by atoms with Gasteiger partial charge in [0.05, 0.1) is 0 Å². The molecule has 194 valence electrons. The third kappa shape index (κ3) is 6.87. The van der Waals surface area contributed by atoms with Crippen molar-refractivity contribution < 1.29 is 0 Å². The molecule has 2 aliphatic heterocycles. The first kappa shape index (κ1) is 25.8. The molecule has 0 bridgehead atoms. The monoisotopic (exact) mass is 496 g/mol. The standard InChI is InChI=1S/C23H45ClN10/c24-16-4-7-19-18(14-16)20(31-23(30-19)32-22(27)28)15-2-5-17(6-3-15)34-12-10-33(11-13-34)9-1-8-29-21(25)26/h15-20,23,30-31H,1-14H2,(H4,25,26,29)(H4,27,28,32). The van der Waals surface area contributed by atoms with Gasteiger partial charge in [0.15, 0.2) is 18.2 Å². The molecule has 0 amide bonds. The largest absolute Gasteiger partial charge is 0.370 e. The van der Waals surface area contributed by atoms with Crippen molar-refractivity contribution in [2.45, 2.75) is 81.2 Å². The van der Waals surface area contributed by atoms with E-state index in [9.17, 15) is 0 Å². The zero-order valence-electron chi connectivity index (χ0n) is 20.4. The van der Waals surface area contributed by atoms with Crippen LogP contribution in [0.3, 0.4) is 0 Å². The molecule has 5 unspecified atom stereocenters. The maximum Gasteiger partial charge on any atom is 0.188 e. The molecule has 2 heterocycles. The molecule has 2 aliphatic carbocycles. The maximum atomic E-state index is 7.24. The average molecular weight is 497 g/mol. The summed E-state index contributed by atoms with van der Waals surface area (Å²) in [7, 11) is 0. The number of hydrogen-bond acceptors (Lipinski definition) is 6. The van der Waals surface area contributed by atoms with E-state index in [4.69, 9.17) is 34.2 Å². The Morgan fingerprint density at radius 3 is 2.41 bits per heavy atom. The highest BCUT2D eigenvalue weighted by molar-refractivity contribution is 6.20. The Morgan fingerprint density at radius 1 is 1.00 bits per heavy atom. The van der Waals surface area contributed by atoms with Crippen LogP contribution < -0.4 is 33.2 Å². The van der Waals surface area contributed by atoms with E-state index in [0.29, 0.717) is 30.0 Å². The Kier molecular flexibility index (Phi) is 9.15. The number of rotatable bonds is 7. The maximum absolute atomic E-state index is 7.24. The van der Waals surface area contributed by atoms with Crippen molar-refractivity contribution in [1.82, 2.24) is 25.8 Å². The van der Waals surface area contributed by atoms with Gasteiger partial charge < -0.3 is 27.4 Å². The van der Waals surface area contributed by atoms with Gasteiger partial charge >= 0.3 is 0 Å². The number of halogens is 1. The predicted octanol–water partition coefficient (Wildman–Crippen LogP) is -0.0695. The summed E-state index contributed by atoms with van der Waals surface area (Å²) in [5.41, 5.74) is 16.7. The molecule has 0 aromatic carbocycles. The lowest BCUT2D eigenvalue weighted by molar-refractivity contribution is 0.0404. The summed E-state index contributed by atoms with van der Waals surface area (Å²) in [6.07, 6.45) is 9.10. The van der Waals surface area contributed by atoms with E-state index in [1.807, 2.05) is 0 Å². The van der Waals surface area contributed by atoms with E-state index in [2.05, 4.69) is 30.7 Å². The van der Waals surface area contributed by atoms with Gasteiger partial charge in [-0.25, -0.2) is 4.99 Å². The molecule has 4 rings (SSSR count). The summed E-state index contributed by atoms with van der Waals surface area (Å²) in [4.78, 5) is 9.66. The Bertz CT molecular complexity index is 685. The van der Waals surface area contributed by atoms with Crippen molar-refractivity contribution in [2.75, 3.05) is 39.3 Å². The second-order valence-corrected chi connectivity index (χ2v) is 11.3. The Hall–Kier alpha value is -1.33. The van der Waals surface area contributed by atoms with Crippen LogP contribution in [0.4, 0.5) is 0 Å². The van der Waals surface area contributed by atoms with Crippen molar-refractivity contribution in [3.05, 3.63) is 0 Å². The summed E-state index contributed by atoms with van der Waals surface area (Å²) >= 11 is 6.60. The molecule has 4 fully saturated rings. The lowest BCUT2D eigenvalue weighted by atomic mass is 9.69. The number of aliphatic imine (C=N–C) groups is 1. The molecule has 0 radical (unpaired) electrons. The summed E-state index contributed by atoms with van der Waals surface area (Å²) < 4.78 is 0. The van der Waals surface area contributed by atoms with Crippen molar-refractivity contribution in [2.24, 2.45) is 34.0 Å². The molecular formula is C23H45ClN10. The number of nitrogens with one attached hydrogen (secondary N) is 4. The number of alkyl halides is 1. The van der Waals surface area contributed by atoms with E-state index >= 15 is 0 Å². The van der Waals surface area contributed by atoms with Crippen LogP contribution in [0.1, 0.15) is 51.4 Å². The van der Waals surface area contributed by atoms with Gasteiger partial charge in [0.1, 0.15) is 0 Å². The summed E-state index contributed by atoms with van der Waals surface area (Å²) in [6.45, 7) is 6.44. The highest BCUT2D eigenvalue weighted by atomic mass is 35.5. The smallest absolute Gasteiger partial charge is 0.188 e. The molecule has 4 aliphatic rings. The van der Waals surface area contributed by atoms with E-state index in [1.165, 1.54) is 25.7 Å². The molecule has 10 N–H and O–H groups in total. The molecule has 11 heteroatoms. The van der Waals surface area contributed by atoms with E-state index < -0.39 is 0 Å². The summed E-state index contributed by atoms with van der Waals surface area (Å²) in [6, 6.07) is 1.56. The van der Waals surface area contributed by atoms with Gasteiger partial charge in [0.25, 0.3) is 0 Å². The Morgan fingerprint density at radius 2 is 1.74 bits per heavy atom. The lowest BCUT2D eigenvalue weighted by Crippen LogP contribution is -2.66. The van der Waals surface area contributed by atoms with Crippen molar-refractivity contribution in [3.8, 4) is 0 Å². The van der Waals surface area contributed by atoms with Crippen LogP contribution >= 0.6 is 11.6 Å². The van der Waals surface area contributed by atoms with Crippen LogP contribution in [0.15, 0.2) is 4.99 Å². The van der Waals surface area contributed by atoms with E-state index in [0.717, 1.165) is 65.0 Å². The topological polar surface area (TPSA) is 157 Å². The van der Waals surface area contributed by atoms with Gasteiger partial charge in [0.2, 0.25) is 0 Å². The number of nitrogens with zero attached hydrogens (tertiary/aromatic N) is 3. The number of guanidine groups is 2. The summed E-state index contributed by atoms with van der Waals surface area (Å²) in [5, 5.41) is 17.8. The molecule has 0 spiro atoms. The highest BCUT2D eigenvalue weighted by Gasteiger charge is 2.44. The minimum absolute atomic E-state index is 0.0633. The van der Waals surface area contributed by atoms with Gasteiger partial charge in [-0.2, -0.15) is 0 Å². The molecule has 5 atom stereocenters. The van der Waals surface area contributed by atoms with Crippen LogP contribution in [-0.4, -0.2) is 90.8 Å². The quantitative estimate of drug-likeness (QED) is 0.112. The van der Waals surface area contributed by atoms with Gasteiger partial charge in [-0.1, -0.05) is 0 Å².